The largest absolute Gasteiger partial charge is 0.497 e. The van der Waals surface area contributed by atoms with Crippen molar-refractivity contribution >= 4 is 28.6 Å². The van der Waals surface area contributed by atoms with Gasteiger partial charge in [0.15, 0.2) is 5.16 Å². The van der Waals surface area contributed by atoms with Crippen LogP contribution in [0, 0.1) is 0 Å². The second kappa shape index (κ2) is 10.5. The molecule has 1 aromatic heterocycles. The summed E-state index contributed by atoms with van der Waals surface area (Å²) in [7, 11) is 3.23. The van der Waals surface area contributed by atoms with E-state index < -0.39 is 0 Å². The predicted octanol–water partition coefficient (Wildman–Crippen LogP) is 4.93. The molecule has 1 fully saturated rings. The van der Waals surface area contributed by atoms with Crippen LogP contribution in [0.3, 0.4) is 0 Å². The van der Waals surface area contributed by atoms with E-state index in [1.54, 1.807) is 37.0 Å². The van der Waals surface area contributed by atoms with Crippen molar-refractivity contribution in [3.8, 4) is 17.2 Å². The number of likely N-dealkylation sites (tertiary alicyclic amines) is 1. The first-order valence-corrected chi connectivity index (χ1v) is 12.8. The molecule has 7 nitrogen and oxygen atoms in total. The van der Waals surface area contributed by atoms with Crippen LogP contribution >= 0.6 is 11.8 Å². The Kier molecular flexibility index (Phi) is 6.95. The molecule has 0 aliphatic carbocycles. The number of hydrogen-bond acceptors (Lipinski definition) is 6. The van der Waals surface area contributed by atoms with E-state index in [0.29, 0.717) is 38.8 Å². The fourth-order valence-electron chi connectivity index (χ4n) is 4.39. The third-order valence-electron chi connectivity index (χ3n) is 6.29. The van der Waals surface area contributed by atoms with Gasteiger partial charge >= 0.3 is 0 Å². The van der Waals surface area contributed by atoms with Gasteiger partial charge in [-0.05, 0) is 60.9 Å². The zero-order valence-corrected chi connectivity index (χ0v) is 21.1. The molecule has 8 heteroatoms. The zero-order valence-electron chi connectivity index (χ0n) is 20.3. The van der Waals surface area contributed by atoms with Gasteiger partial charge in [-0.2, -0.15) is 0 Å². The van der Waals surface area contributed by atoms with Crippen molar-refractivity contribution < 1.29 is 14.3 Å². The van der Waals surface area contributed by atoms with Crippen LogP contribution in [0.25, 0.3) is 16.6 Å². The first kappa shape index (κ1) is 23.9. The number of thioether (sulfide) groups is 1. The summed E-state index contributed by atoms with van der Waals surface area (Å²) in [5.74, 6) is 1.99. The molecule has 0 N–H and O–H groups in total. The molecule has 3 aromatic carbocycles. The van der Waals surface area contributed by atoms with Crippen molar-refractivity contribution in [1.82, 2.24) is 14.5 Å². The van der Waals surface area contributed by atoms with Crippen LogP contribution in [-0.4, -0.2) is 47.7 Å². The van der Waals surface area contributed by atoms with Crippen molar-refractivity contribution in [2.24, 2.45) is 0 Å². The first-order valence-electron chi connectivity index (χ1n) is 11.8. The van der Waals surface area contributed by atoms with Gasteiger partial charge in [-0.1, -0.05) is 30.0 Å². The number of hydrogen-bond donors (Lipinski definition) is 0. The summed E-state index contributed by atoms with van der Waals surface area (Å²) in [6, 6.07) is 20.3. The van der Waals surface area contributed by atoms with E-state index in [0.717, 1.165) is 37.2 Å². The van der Waals surface area contributed by atoms with Gasteiger partial charge < -0.3 is 14.4 Å². The molecule has 2 heterocycles. The molecule has 5 rings (SSSR count). The minimum Gasteiger partial charge on any atom is -0.497 e. The molecular weight excluding hydrogens is 474 g/mol. The summed E-state index contributed by atoms with van der Waals surface area (Å²) in [5, 5.41) is 0.996. The molecule has 0 spiro atoms. The Balaban J connectivity index is 1.60. The standard InChI is InChI=1S/C28H27N3O4S/c1-34-22-9-5-7-19(15-22)18-36-28-29-25-16-20(26(32)30-13-3-4-14-30)11-12-24(25)27(33)31(28)21-8-6-10-23(17-21)35-2/h5-12,15-17H,3-4,13-14,18H2,1-2H3. The quantitative estimate of drug-likeness (QED) is 0.264. The van der Waals surface area contributed by atoms with Gasteiger partial charge in [-0.15, -0.1) is 0 Å². The summed E-state index contributed by atoms with van der Waals surface area (Å²) >= 11 is 1.46. The van der Waals surface area contributed by atoms with Crippen LogP contribution in [0.2, 0.25) is 0 Å². The molecule has 4 aromatic rings. The Morgan fingerprint density at radius 2 is 1.67 bits per heavy atom. The van der Waals surface area contributed by atoms with E-state index in [1.165, 1.54) is 11.8 Å². The molecule has 0 radical (unpaired) electrons. The number of fused-ring (bicyclic) bond motifs is 1. The monoisotopic (exact) mass is 501 g/mol. The second-order valence-corrected chi connectivity index (χ2v) is 9.55. The molecule has 184 valence electrons. The average Bonchev–Trinajstić information content (AvgIpc) is 3.46. The van der Waals surface area contributed by atoms with Crippen molar-refractivity contribution in [3.05, 3.63) is 88.2 Å². The van der Waals surface area contributed by atoms with Crippen molar-refractivity contribution in [2.45, 2.75) is 23.8 Å². The smallest absolute Gasteiger partial charge is 0.266 e. The molecule has 1 amide bonds. The van der Waals surface area contributed by atoms with Gasteiger partial charge in [0.25, 0.3) is 11.5 Å². The van der Waals surface area contributed by atoms with Gasteiger partial charge in [0, 0.05) is 30.5 Å². The maximum atomic E-state index is 13.8. The van der Waals surface area contributed by atoms with Crippen LogP contribution in [0.1, 0.15) is 28.8 Å². The highest BCUT2D eigenvalue weighted by Crippen LogP contribution is 2.28. The van der Waals surface area contributed by atoms with Gasteiger partial charge in [-0.3, -0.25) is 14.2 Å². The van der Waals surface area contributed by atoms with E-state index in [1.807, 2.05) is 53.4 Å². The number of nitrogens with zero attached hydrogens (tertiary/aromatic N) is 3. The molecule has 0 saturated carbocycles. The normalized spacial score (nSPS) is 13.2. The van der Waals surface area contributed by atoms with Crippen molar-refractivity contribution in [2.75, 3.05) is 27.3 Å². The van der Waals surface area contributed by atoms with E-state index in [2.05, 4.69) is 0 Å². The molecule has 36 heavy (non-hydrogen) atoms. The Bertz CT molecular complexity index is 1480. The first-order chi connectivity index (χ1) is 17.6. The molecule has 0 unspecified atom stereocenters. The number of methoxy groups -OCH3 is 2. The summed E-state index contributed by atoms with van der Waals surface area (Å²) in [5.41, 5.74) is 2.58. The molecule has 0 bridgehead atoms. The maximum absolute atomic E-state index is 13.8. The second-order valence-electron chi connectivity index (χ2n) is 8.61. The highest BCUT2D eigenvalue weighted by Gasteiger charge is 2.21. The van der Waals surface area contributed by atoms with E-state index in [9.17, 15) is 9.59 Å². The Hall–Kier alpha value is -3.78. The van der Waals surface area contributed by atoms with Crippen molar-refractivity contribution in [3.63, 3.8) is 0 Å². The number of aromatic nitrogens is 2. The number of rotatable bonds is 7. The van der Waals surface area contributed by atoms with Crippen LogP contribution < -0.4 is 15.0 Å². The highest BCUT2D eigenvalue weighted by atomic mass is 32.2. The minimum atomic E-state index is -0.193. The minimum absolute atomic E-state index is 0.0150. The topological polar surface area (TPSA) is 73.7 Å². The summed E-state index contributed by atoms with van der Waals surface area (Å²) in [6.07, 6.45) is 2.04. The average molecular weight is 502 g/mol. The Morgan fingerprint density at radius 3 is 2.42 bits per heavy atom. The number of carbonyl (C=O) groups is 1. The fourth-order valence-corrected chi connectivity index (χ4v) is 5.34. The van der Waals surface area contributed by atoms with E-state index in [-0.39, 0.29) is 11.5 Å². The molecule has 1 saturated heterocycles. The number of carbonyl (C=O) groups excluding carboxylic acids is 1. The van der Waals surface area contributed by atoms with Crippen LogP contribution in [-0.2, 0) is 5.75 Å². The highest BCUT2D eigenvalue weighted by molar-refractivity contribution is 7.98. The molecular formula is C28H27N3O4S. The lowest BCUT2D eigenvalue weighted by Gasteiger charge is -2.17. The summed E-state index contributed by atoms with van der Waals surface area (Å²) in [4.78, 5) is 33.5. The van der Waals surface area contributed by atoms with Crippen molar-refractivity contribution in [1.29, 1.82) is 0 Å². The molecule has 0 atom stereocenters. The van der Waals surface area contributed by atoms with E-state index in [4.69, 9.17) is 14.5 Å². The summed E-state index contributed by atoms with van der Waals surface area (Å²) < 4.78 is 12.3. The third kappa shape index (κ3) is 4.81. The van der Waals surface area contributed by atoms with Crippen LogP contribution in [0.15, 0.2) is 76.7 Å². The predicted molar refractivity (Wildman–Crippen MR) is 142 cm³/mol. The van der Waals surface area contributed by atoms with Gasteiger partial charge in [0.05, 0.1) is 30.8 Å². The lowest BCUT2D eigenvalue weighted by Crippen LogP contribution is -2.28. The molecule has 1 aliphatic rings. The van der Waals surface area contributed by atoms with Crippen LogP contribution in [0.5, 0.6) is 11.5 Å². The van der Waals surface area contributed by atoms with Gasteiger partial charge in [0.1, 0.15) is 11.5 Å². The maximum Gasteiger partial charge on any atom is 0.266 e. The SMILES string of the molecule is COc1cccc(CSc2nc3cc(C(=O)N4CCCC4)ccc3c(=O)n2-c2cccc(OC)c2)c1. The third-order valence-corrected chi connectivity index (χ3v) is 7.30. The van der Waals surface area contributed by atoms with Gasteiger partial charge in [0.2, 0.25) is 0 Å². The molecule has 1 aliphatic heterocycles. The fraction of sp³-hybridized carbons (Fsp3) is 0.250. The zero-order chi connectivity index (χ0) is 25.1. The van der Waals surface area contributed by atoms with E-state index >= 15 is 0 Å². The number of amides is 1. The Morgan fingerprint density at radius 1 is 0.944 bits per heavy atom. The number of benzene rings is 3. The number of ether oxygens (including phenoxy) is 2. The summed E-state index contributed by atoms with van der Waals surface area (Å²) in [6.45, 7) is 1.53. The lowest BCUT2D eigenvalue weighted by molar-refractivity contribution is 0.0793. The lowest BCUT2D eigenvalue weighted by atomic mass is 10.1. The van der Waals surface area contributed by atoms with Gasteiger partial charge in [-0.25, -0.2) is 4.98 Å². The Labute approximate surface area is 213 Å². The van der Waals surface area contributed by atoms with Crippen LogP contribution in [0.4, 0.5) is 0 Å².